The van der Waals surface area contributed by atoms with Crippen LogP contribution in [-0.4, -0.2) is 50.1 Å². The molecular weight excluding hydrogens is 531 g/mol. The second-order valence-corrected chi connectivity index (χ2v) is 9.39. The number of esters is 1. The van der Waals surface area contributed by atoms with Crippen molar-refractivity contribution >= 4 is 34.7 Å². The summed E-state index contributed by atoms with van der Waals surface area (Å²) in [5, 5.41) is 0. The van der Waals surface area contributed by atoms with Gasteiger partial charge in [-0.2, -0.15) is 13.2 Å². The number of carbonyl (C=O) groups excluding carboxylic acids is 1. The van der Waals surface area contributed by atoms with Crippen LogP contribution in [0.25, 0.3) is 5.70 Å². The molecule has 3 aromatic carbocycles. The summed E-state index contributed by atoms with van der Waals surface area (Å²) in [6.07, 6.45) is -3.50. The fourth-order valence-electron chi connectivity index (χ4n) is 4.80. The van der Waals surface area contributed by atoms with Crippen LogP contribution >= 0.6 is 0 Å². The van der Waals surface area contributed by atoms with Crippen LogP contribution < -0.4 is 9.80 Å². The van der Waals surface area contributed by atoms with Gasteiger partial charge >= 0.3 is 12.1 Å². The van der Waals surface area contributed by atoms with Gasteiger partial charge in [0.05, 0.1) is 18.4 Å². The van der Waals surface area contributed by atoms with Crippen molar-refractivity contribution in [2.75, 3.05) is 43.1 Å². The molecule has 5 rings (SSSR count). The summed E-state index contributed by atoms with van der Waals surface area (Å²) in [4.78, 5) is 22.3. The molecule has 2 aliphatic rings. The van der Waals surface area contributed by atoms with Crippen LogP contribution in [0.4, 0.5) is 39.0 Å². The molecule has 0 spiro atoms. The number of para-hydroxylation sites is 1. The standard InChI is InChI=1S/C29H25F5N4O2/c1-18-15-20(9-10-23(18)30)36-11-13-37(14-12-36)28-35-27-22(7-4-8-24(27)31)25(17-26(39)40-2)38(28)21-6-3-5-19(16-21)29(32,33)34/h3-10,15-17H,11-14H2,1-2H3/b25-17+. The molecule has 40 heavy (non-hydrogen) atoms. The van der Waals surface area contributed by atoms with Crippen molar-refractivity contribution < 1.29 is 31.5 Å². The topological polar surface area (TPSA) is 48.4 Å². The first-order chi connectivity index (χ1) is 19.1. The lowest BCUT2D eigenvalue weighted by Gasteiger charge is -2.43. The molecule has 2 aliphatic heterocycles. The maximum absolute atomic E-state index is 15.0. The monoisotopic (exact) mass is 556 g/mol. The molecule has 0 amide bonds. The highest BCUT2D eigenvalue weighted by atomic mass is 19.4. The lowest BCUT2D eigenvalue weighted by Crippen LogP contribution is -2.54. The number of anilines is 2. The van der Waals surface area contributed by atoms with Gasteiger partial charge < -0.3 is 14.5 Å². The van der Waals surface area contributed by atoms with Crippen molar-refractivity contribution in [3.05, 3.63) is 95.1 Å². The molecule has 6 nitrogen and oxygen atoms in total. The van der Waals surface area contributed by atoms with Crippen LogP contribution in [0.15, 0.2) is 71.7 Å². The van der Waals surface area contributed by atoms with Crippen LogP contribution in [0.3, 0.4) is 0 Å². The summed E-state index contributed by atoms with van der Waals surface area (Å²) in [5.74, 6) is -1.54. The summed E-state index contributed by atoms with van der Waals surface area (Å²) < 4.78 is 74.7. The molecule has 2 heterocycles. The number of fused-ring (bicyclic) bond motifs is 1. The first-order valence-electron chi connectivity index (χ1n) is 12.5. The molecule has 0 bridgehead atoms. The molecule has 0 aromatic heterocycles. The molecule has 0 saturated carbocycles. The van der Waals surface area contributed by atoms with E-state index in [2.05, 4.69) is 9.89 Å². The van der Waals surface area contributed by atoms with E-state index in [1.807, 2.05) is 4.90 Å². The second kappa shape index (κ2) is 10.6. The molecule has 3 aromatic rings. The molecule has 0 N–H and O–H groups in total. The number of rotatable bonds is 3. The molecular formula is C29H25F5N4O2. The Morgan fingerprint density at radius 2 is 1.60 bits per heavy atom. The van der Waals surface area contributed by atoms with Gasteiger partial charge in [0.1, 0.15) is 17.3 Å². The molecule has 0 atom stereocenters. The Morgan fingerprint density at radius 3 is 2.27 bits per heavy atom. The van der Waals surface area contributed by atoms with Crippen molar-refractivity contribution in [3.8, 4) is 0 Å². The van der Waals surface area contributed by atoms with Crippen LogP contribution in [0.2, 0.25) is 0 Å². The molecule has 0 radical (unpaired) electrons. The van der Waals surface area contributed by atoms with Crippen LogP contribution in [-0.2, 0) is 15.7 Å². The molecule has 11 heteroatoms. The van der Waals surface area contributed by atoms with E-state index in [0.717, 1.165) is 23.9 Å². The minimum absolute atomic E-state index is 0.0348. The van der Waals surface area contributed by atoms with E-state index in [0.29, 0.717) is 31.7 Å². The normalized spacial score (nSPS) is 16.6. The van der Waals surface area contributed by atoms with Crippen LogP contribution in [0.1, 0.15) is 16.7 Å². The van der Waals surface area contributed by atoms with Crippen LogP contribution in [0, 0.1) is 18.6 Å². The van der Waals surface area contributed by atoms with Gasteiger partial charge in [0.15, 0.2) is 0 Å². The number of aryl methyl sites for hydroxylation is 1. The molecule has 0 unspecified atom stereocenters. The zero-order valence-corrected chi connectivity index (χ0v) is 21.7. The minimum atomic E-state index is -4.61. The van der Waals surface area contributed by atoms with Crippen molar-refractivity contribution in [2.24, 2.45) is 4.99 Å². The van der Waals surface area contributed by atoms with Gasteiger partial charge in [-0.25, -0.2) is 18.6 Å². The Hall–Kier alpha value is -4.41. The maximum atomic E-state index is 15.0. The third kappa shape index (κ3) is 5.23. The first-order valence-corrected chi connectivity index (χ1v) is 12.5. The number of halogens is 5. The number of nitrogens with zero attached hydrogens (tertiary/aromatic N) is 4. The van der Waals surface area contributed by atoms with E-state index in [1.54, 1.807) is 25.1 Å². The Labute approximate surface area is 227 Å². The summed E-state index contributed by atoms with van der Waals surface area (Å²) in [5.41, 5.74) is 0.874. The molecule has 1 fully saturated rings. The molecule has 1 saturated heterocycles. The number of methoxy groups -OCH3 is 1. The predicted octanol–water partition coefficient (Wildman–Crippen LogP) is 6.14. The number of hydrogen-bond acceptors (Lipinski definition) is 6. The van der Waals surface area contributed by atoms with Crippen molar-refractivity contribution in [1.82, 2.24) is 4.90 Å². The van der Waals surface area contributed by atoms with Gasteiger partial charge in [-0.1, -0.05) is 18.2 Å². The Bertz CT molecular complexity index is 1510. The Balaban J connectivity index is 1.59. The van der Waals surface area contributed by atoms with Crippen LogP contribution in [0.5, 0.6) is 0 Å². The third-order valence-electron chi connectivity index (χ3n) is 6.87. The summed E-state index contributed by atoms with van der Waals surface area (Å²) in [6, 6.07) is 13.7. The van der Waals surface area contributed by atoms with E-state index in [9.17, 15) is 22.4 Å². The van der Waals surface area contributed by atoms with Crippen molar-refractivity contribution in [2.45, 2.75) is 13.1 Å². The van der Waals surface area contributed by atoms with E-state index >= 15 is 4.39 Å². The van der Waals surface area contributed by atoms with E-state index in [1.165, 1.54) is 42.3 Å². The number of ether oxygens (including phenoxy) is 1. The van der Waals surface area contributed by atoms with E-state index < -0.39 is 23.5 Å². The van der Waals surface area contributed by atoms with E-state index in [4.69, 9.17) is 4.74 Å². The number of hydrogen-bond donors (Lipinski definition) is 0. The van der Waals surface area contributed by atoms with Gasteiger partial charge in [-0.3, -0.25) is 4.90 Å². The smallest absolute Gasteiger partial charge is 0.416 e. The second-order valence-electron chi connectivity index (χ2n) is 9.39. The number of piperazine rings is 1. The van der Waals surface area contributed by atoms with Gasteiger partial charge in [-0.05, 0) is 55.0 Å². The lowest BCUT2D eigenvalue weighted by atomic mass is 10.0. The Kier molecular flexibility index (Phi) is 7.22. The molecule has 208 valence electrons. The summed E-state index contributed by atoms with van der Waals surface area (Å²) in [7, 11) is 1.18. The summed E-state index contributed by atoms with van der Waals surface area (Å²) in [6.45, 7) is 3.40. The number of benzene rings is 3. The number of alkyl halides is 3. The van der Waals surface area contributed by atoms with Crippen molar-refractivity contribution in [3.63, 3.8) is 0 Å². The van der Waals surface area contributed by atoms with Gasteiger partial charge in [0, 0.05) is 49.2 Å². The average Bonchev–Trinajstić information content (AvgIpc) is 2.94. The third-order valence-corrected chi connectivity index (χ3v) is 6.87. The predicted molar refractivity (Wildman–Crippen MR) is 142 cm³/mol. The fourth-order valence-corrected chi connectivity index (χ4v) is 4.80. The quantitative estimate of drug-likeness (QED) is 0.221. The average molecular weight is 557 g/mol. The van der Waals surface area contributed by atoms with Gasteiger partial charge in [0.2, 0.25) is 5.96 Å². The highest BCUT2D eigenvalue weighted by Gasteiger charge is 2.36. The highest BCUT2D eigenvalue weighted by Crippen LogP contribution is 2.41. The fraction of sp³-hybridized carbons (Fsp3) is 0.241. The maximum Gasteiger partial charge on any atom is 0.416 e. The highest BCUT2D eigenvalue weighted by molar-refractivity contribution is 6.15. The van der Waals surface area contributed by atoms with Gasteiger partial charge in [-0.15, -0.1) is 0 Å². The number of carbonyl (C=O) groups is 1. The SMILES string of the molecule is COC(=O)/C=C1\c2cccc(F)c2N=C(N2CCN(c3ccc(F)c(C)c3)CC2)N1c1cccc(C(F)(F)F)c1. The first kappa shape index (κ1) is 27.2. The Morgan fingerprint density at radius 1 is 0.900 bits per heavy atom. The largest absolute Gasteiger partial charge is 0.466 e. The minimum Gasteiger partial charge on any atom is -0.466 e. The van der Waals surface area contributed by atoms with Crippen molar-refractivity contribution in [1.29, 1.82) is 0 Å². The summed E-state index contributed by atoms with van der Waals surface area (Å²) >= 11 is 0. The zero-order chi connectivity index (χ0) is 28.6. The number of aliphatic imine (C=N–C) groups is 1. The number of guanidine groups is 1. The van der Waals surface area contributed by atoms with Gasteiger partial charge in [0.25, 0.3) is 0 Å². The lowest BCUT2D eigenvalue weighted by molar-refractivity contribution is -0.137. The molecule has 0 aliphatic carbocycles. The zero-order valence-electron chi connectivity index (χ0n) is 21.7. The van der Waals surface area contributed by atoms with E-state index in [-0.39, 0.29) is 34.4 Å².